The normalized spacial score (nSPS) is 35.4. The molecule has 1 aliphatic carbocycles. The summed E-state index contributed by atoms with van der Waals surface area (Å²) in [6, 6.07) is 1.56. The molecule has 1 saturated carbocycles. The number of hydrogen-bond donors (Lipinski definition) is 0. The lowest BCUT2D eigenvalue weighted by Crippen LogP contribution is -2.52. The monoisotopic (exact) mass is 209 g/mol. The Balaban J connectivity index is 2.11. The summed E-state index contributed by atoms with van der Waals surface area (Å²) in [7, 11) is 0. The molecule has 88 valence electrons. The Hall–Kier alpha value is -0.0400. The first-order valence-corrected chi connectivity index (χ1v) is 6.72. The molecule has 0 unspecified atom stereocenters. The second-order valence-electron chi connectivity index (χ2n) is 6.57. The highest BCUT2D eigenvalue weighted by Gasteiger charge is 2.53. The molecular formula is C14H27N. The fourth-order valence-electron chi connectivity index (χ4n) is 3.45. The van der Waals surface area contributed by atoms with E-state index >= 15 is 0 Å². The third kappa shape index (κ3) is 1.95. The van der Waals surface area contributed by atoms with E-state index in [1.54, 1.807) is 0 Å². The van der Waals surface area contributed by atoms with Crippen molar-refractivity contribution >= 4 is 0 Å². The van der Waals surface area contributed by atoms with Gasteiger partial charge in [0.15, 0.2) is 0 Å². The van der Waals surface area contributed by atoms with Gasteiger partial charge in [0, 0.05) is 18.6 Å². The van der Waals surface area contributed by atoms with Crippen molar-refractivity contribution in [1.82, 2.24) is 4.90 Å². The van der Waals surface area contributed by atoms with Crippen molar-refractivity contribution in [2.75, 3.05) is 6.54 Å². The number of nitrogens with zero attached hydrogens (tertiary/aromatic N) is 1. The Morgan fingerprint density at radius 3 is 2.13 bits per heavy atom. The third-order valence-electron chi connectivity index (χ3n) is 4.90. The fourth-order valence-corrected chi connectivity index (χ4v) is 3.45. The minimum Gasteiger partial charge on any atom is -0.297 e. The maximum absolute atomic E-state index is 2.75. The quantitative estimate of drug-likeness (QED) is 0.672. The minimum absolute atomic E-state index is 0.718. The summed E-state index contributed by atoms with van der Waals surface area (Å²) in [5, 5.41) is 0. The summed E-state index contributed by atoms with van der Waals surface area (Å²) in [5.74, 6) is 1.74. The van der Waals surface area contributed by atoms with E-state index in [-0.39, 0.29) is 0 Å². The lowest BCUT2D eigenvalue weighted by molar-refractivity contribution is 0.0113. The van der Waals surface area contributed by atoms with Crippen molar-refractivity contribution < 1.29 is 0 Å². The molecule has 1 nitrogen and oxygen atoms in total. The van der Waals surface area contributed by atoms with Crippen LogP contribution in [0.1, 0.15) is 53.9 Å². The van der Waals surface area contributed by atoms with Gasteiger partial charge in [-0.15, -0.1) is 0 Å². The van der Waals surface area contributed by atoms with Crippen LogP contribution in [0, 0.1) is 17.3 Å². The average molecular weight is 209 g/mol. The molecule has 15 heavy (non-hydrogen) atoms. The highest BCUT2D eigenvalue weighted by Crippen LogP contribution is 2.59. The SMILES string of the molecule is CC(C)[C@@H]1CC2(CC2)[C@H](C)CN1C(C)C. The Kier molecular flexibility index (Phi) is 2.87. The standard InChI is InChI=1S/C14H27N/c1-10(2)13-8-14(6-7-14)12(5)9-15(13)11(3)4/h10-13H,6-9H2,1-5H3/t12-,13+/m1/s1. The summed E-state index contributed by atoms with van der Waals surface area (Å²) < 4.78 is 0. The van der Waals surface area contributed by atoms with E-state index in [4.69, 9.17) is 0 Å². The van der Waals surface area contributed by atoms with Gasteiger partial charge in [-0.25, -0.2) is 0 Å². The molecule has 1 aliphatic heterocycles. The first kappa shape index (κ1) is 11.4. The Labute approximate surface area is 95.2 Å². The Morgan fingerprint density at radius 2 is 1.73 bits per heavy atom. The third-order valence-corrected chi connectivity index (χ3v) is 4.90. The van der Waals surface area contributed by atoms with E-state index < -0.39 is 0 Å². The van der Waals surface area contributed by atoms with E-state index in [0.29, 0.717) is 0 Å². The highest BCUT2D eigenvalue weighted by atomic mass is 15.2. The van der Waals surface area contributed by atoms with Gasteiger partial charge in [-0.05, 0) is 50.4 Å². The summed E-state index contributed by atoms with van der Waals surface area (Å²) in [5.41, 5.74) is 0.764. The number of hydrogen-bond acceptors (Lipinski definition) is 1. The van der Waals surface area contributed by atoms with E-state index in [1.807, 2.05) is 0 Å². The molecule has 0 aromatic carbocycles. The van der Waals surface area contributed by atoms with Crippen LogP contribution in [0.2, 0.25) is 0 Å². The smallest absolute Gasteiger partial charge is 0.0126 e. The predicted octanol–water partition coefficient (Wildman–Crippen LogP) is 3.54. The molecule has 0 aromatic rings. The Morgan fingerprint density at radius 1 is 1.13 bits per heavy atom. The number of rotatable bonds is 2. The summed E-state index contributed by atoms with van der Waals surface area (Å²) in [4.78, 5) is 2.75. The van der Waals surface area contributed by atoms with Crippen LogP contribution in [0.4, 0.5) is 0 Å². The molecule has 0 amide bonds. The second-order valence-corrected chi connectivity index (χ2v) is 6.57. The highest BCUT2D eigenvalue weighted by molar-refractivity contribution is 5.05. The van der Waals surface area contributed by atoms with Crippen LogP contribution in [0.15, 0.2) is 0 Å². The van der Waals surface area contributed by atoms with Crippen molar-refractivity contribution in [3.8, 4) is 0 Å². The fraction of sp³-hybridized carbons (Fsp3) is 1.00. The molecular weight excluding hydrogens is 182 g/mol. The van der Waals surface area contributed by atoms with E-state index in [2.05, 4.69) is 39.5 Å². The second kappa shape index (κ2) is 3.76. The molecule has 1 saturated heterocycles. The van der Waals surface area contributed by atoms with E-state index in [1.165, 1.54) is 25.8 Å². The summed E-state index contributed by atoms with van der Waals surface area (Å²) in [6.07, 6.45) is 4.47. The molecule has 1 spiro atoms. The zero-order chi connectivity index (χ0) is 11.2. The van der Waals surface area contributed by atoms with Crippen LogP contribution in [0.25, 0.3) is 0 Å². The largest absolute Gasteiger partial charge is 0.297 e. The molecule has 1 heterocycles. The molecule has 1 heteroatoms. The van der Waals surface area contributed by atoms with Crippen molar-refractivity contribution in [2.24, 2.45) is 17.3 Å². The van der Waals surface area contributed by atoms with Crippen LogP contribution in [-0.2, 0) is 0 Å². The molecule has 0 aromatic heterocycles. The predicted molar refractivity (Wildman–Crippen MR) is 65.9 cm³/mol. The van der Waals surface area contributed by atoms with Crippen LogP contribution in [0.3, 0.4) is 0 Å². The van der Waals surface area contributed by atoms with Crippen molar-refractivity contribution in [3.05, 3.63) is 0 Å². The average Bonchev–Trinajstić information content (AvgIpc) is 2.90. The maximum Gasteiger partial charge on any atom is 0.0126 e. The van der Waals surface area contributed by atoms with Crippen molar-refractivity contribution in [2.45, 2.75) is 66.0 Å². The first-order valence-electron chi connectivity index (χ1n) is 6.72. The van der Waals surface area contributed by atoms with Crippen LogP contribution < -0.4 is 0 Å². The molecule has 0 N–H and O–H groups in total. The Bertz CT molecular complexity index is 227. The van der Waals surface area contributed by atoms with Gasteiger partial charge in [0.25, 0.3) is 0 Å². The summed E-state index contributed by atoms with van der Waals surface area (Å²) >= 11 is 0. The molecule has 2 aliphatic rings. The zero-order valence-corrected chi connectivity index (χ0v) is 11.1. The maximum atomic E-state index is 2.75. The van der Waals surface area contributed by atoms with Crippen molar-refractivity contribution in [1.29, 1.82) is 0 Å². The van der Waals surface area contributed by atoms with Crippen LogP contribution >= 0.6 is 0 Å². The van der Waals surface area contributed by atoms with Gasteiger partial charge in [-0.3, -0.25) is 4.90 Å². The summed E-state index contributed by atoms with van der Waals surface area (Å²) in [6.45, 7) is 13.3. The topological polar surface area (TPSA) is 3.24 Å². The first-order chi connectivity index (χ1) is 6.96. The lowest BCUT2D eigenvalue weighted by atomic mass is 9.76. The van der Waals surface area contributed by atoms with Gasteiger partial charge in [0.2, 0.25) is 0 Å². The van der Waals surface area contributed by atoms with E-state index in [0.717, 1.165) is 29.3 Å². The molecule has 2 rings (SSSR count). The van der Waals surface area contributed by atoms with Gasteiger partial charge in [0.05, 0.1) is 0 Å². The number of likely N-dealkylation sites (tertiary alicyclic amines) is 1. The van der Waals surface area contributed by atoms with Gasteiger partial charge >= 0.3 is 0 Å². The van der Waals surface area contributed by atoms with Gasteiger partial charge in [0.1, 0.15) is 0 Å². The molecule has 2 fully saturated rings. The molecule has 0 radical (unpaired) electrons. The van der Waals surface area contributed by atoms with Crippen molar-refractivity contribution in [3.63, 3.8) is 0 Å². The minimum atomic E-state index is 0.718. The molecule has 0 bridgehead atoms. The zero-order valence-electron chi connectivity index (χ0n) is 11.1. The van der Waals surface area contributed by atoms with Crippen LogP contribution in [0.5, 0.6) is 0 Å². The van der Waals surface area contributed by atoms with E-state index in [9.17, 15) is 0 Å². The number of piperidine rings is 1. The van der Waals surface area contributed by atoms with Gasteiger partial charge in [-0.2, -0.15) is 0 Å². The lowest BCUT2D eigenvalue weighted by Gasteiger charge is -2.47. The van der Waals surface area contributed by atoms with Crippen LogP contribution in [-0.4, -0.2) is 23.5 Å². The molecule has 2 atom stereocenters. The van der Waals surface area contributed by atoms with Gasteiger partial charge < -0.3 is 0 Å². The van der Waals surface area contributed by atoms with Gasteiger partial charge in [-0.1, -0.05) is 20.8 Å².